The van der Waals surface area contributed by atoms with Crippen LogP contribution < -0.4 is 10.6 Å². The van der Waals surface area contributed by atoms with E-state index in [1.54, 1.807) is 12.1 Å². The van der Waals surface area contributed by atoms with Crippen molar-refractivity contribution in [3.05, 3.63) is 23.2 Å². The van der Waals surface area contributed by atoms with E-state index in [1.165, 1.54) is 68.8 Å². The quantitative estimate of drug-likeness (QED) is 0.183. The van der Waals surface area contributed by atoms with E-state index in [9.17, 15) is 9.59 Å². The Morgan fingerprint density at radius 3 is 2.23 bits per heavy atom. The molecule has 1 N–H and O–H groups in total. The molecule has 2 amide bonds. The Morgan fingerprint density at radius 1 is 0.968 bits per heavy atom. The van der Waals surface area contributed by atoms with Crippen molar-refractivity contribution in [1.82, 2.24) is 5.73 Å². The highest BCUT2D eigenvalue weighted by atomic mass is 35.5. The Balaban J connectivity index is 1.59. The number of hydrogen-bond donors (Lipinski definition) is 0. The topological polar surface area (TPSA) is 61.2 Å². The summed E-state index contributed by atoms with van der Waals surface area (Å²) in [4.78, 5) is 26.1. The molecule has 1 aliphatic rings. The molecule has 169 valence electrons. The molecule has 1 heterocycles. The molecule has 5 heteroatoms. The highest BCUT2D eigenvalue weighted by Crippen LogP contribution is 2.32. The van der Waals surface area contributed by atoms with Crippen LogP contribution in [0.25, 0.3) is 0 Å². The predicted octanol–water partition coefficient (Wildman–Crippen LogP) is 7.23. The Morgan fingerprint density at radius 2 is 1.58 bits per heavy atom. The Hall–Kier alpha value is -1.99. The number of carbonyl (C=O) groups excluding carboxylic acids is 2. The van der Waals surface area contributed by atoms with Gasteiger partial charge in [0, 0.05) is 25.2 Å². The van der Waals surface area contributed by atoms with Crippen LogP contribution in [0.15, 0.2) is 18.2 Å². The smallest absolute Gasteiger partial charge is 0.237 e. The molecule has 1 aromatic carbocycles. The highest BCUT2D eigenvalue weighted by Gasteiger charge is 2.39. The molecule has 2 rings (SSSR count). The monoisotopic (exact) mass is 443 g/mol. The van der Waals surface area contributed by atoms with E-state index in [1.807, 2.05) is 0 Å². The van der Waals surface area contributed by atoms with Crippen molar-refractivity contribution in [3.8, 4) is 11.8 Å². The number of unbranched alkanes of at least 4 members (excludes halogenated alkanes) is 10. The lowest BCUT2D eigenvalue weighted by molar-refractivity contribution is -0.122. The van der Waals surface area contributed by atoms with Crippen LogP contribution in [0.2, 0.25) is 5.02 Å². The molecule has 1 aliphatic heterocycles. The van der Waals surface area contributed by atoms with E-state index in [4.69, 9.17) is 17.3 Å². The van der Waals surface area contributed by atoms with Crippen LogP contribution >= 0.6 is 11.6 Å². The van der Waals surface area contributed by atoms with Crippen LogP contribution in [0.1, 0.15) is 96.8 Å². The average Bonchev–Trinajstić information content (AvgIpc) is 3.03. The summed E-state index contributed by atoms with van der Waals surface area (Å²) in [5, 5.41) is 0.303. The number of nitrogens with one attached hydrogen (secondary N) is 1. The maximum atomic E-state index is 12.6. The molecule has 0 aliphatic carbocycles. The van der Waals surface area contributed by atoms with E-state index in [0.717, 1.165) is 12.8 Å². The molecule has 1 saturated heterocycles. The summed E-state index contributed by atoms with van der Waals surface area (Å²) in [6.07, 6.45) is 15.6. The number of hydrogen-bond acceptors (Lipinski definition) is 2. The van der Waals surface area contributed by atoms with Crippen molar-refractivity contribution in [2.24, 2.45) is 5.92 Å². The predicted molar refractivity (Wildman–Crippen MR) is 128 cm³/mol. The lowest BCUT2D eigenvalue weighted by Crippen LogP contribution is -2.30. The van der Waals surface area contributed by atoms with Crippen LogP contribution in [0.3, 0.4) is 0 Å². The molecule has 1 atom stereocenters. The molecule has 31 heavy (non-hydrogen) atoms. The van der Waals surface area contributed by atoms with E-state index < -0.39 is 0 Å². The number of nitrogens with zero attached hydrogens (tertiary/aromatic N) is 1. The van der Waals surface area contributed by atoms with Gasteiger partial charge in [0.05, 0.1) is 16.4 Å². The maximum Gasteiger partial charge on any atom is 0.237 e. The second-order valence-corrected chi connectivity index (χ2v) is 8.86. The molecule has 1 unspecified atom stereocenters. The standard InChI is InChI=1S/C26H36ClN2O2/c1-2-3-4-5-6-7-8-9-10-11-12-13-14-15-16-21-19-25(30)29(26(21)31)22-17-18-23(27)24(28)20-22/h17-18,20-21,28H,2-12,15-16,19H2,1H3. The zero-order chi connectivity index (χ0) is 22.5. The molecule has 1 aromatic rings. The van der Waals surface area contributed by atoms with Gasteiger partial charge in [0.1, 0.15) is 0 Å². The molecule has 1 fully saturated rings. The third kappa shape index (κ3) is 8.57. The lowest BCUT2D eigenvalue weighted by atomic mass is 10.0. The number of anilines is 1. The summed E-state index contributed by atoms with van der Waals surface area (Å²) in [6.45, 7) is 2.25. The highest BCUT2D eigenvalue weighted by molar-refractivity contribution is 6.33. The minimum absolute atomic E-state index is 0.112. The third-order valence-corrected chi connectivity index (χ3v) is 6.18. The van der Waals surface area contributed by atoms with Crippen molar-refractivity contribution < 1.29 is 9.59 Å². The number of halogens is 1. The van der Waals surface area contributed by atoms with Crippen LogP contribution in [0.5, 0.6) is 0 Å². The first-order valence-electron chi connectivity index (χ1n) is 11.9. The summed E-state index contributed by atoms with van der Waals surface area (Å²) in [7, 11) is 0. The van der Waals surface area contributed by atoms with E-state index in [-0.39, 0.29) is 29.8 Å². The van der Waals surface area contributed by atoms with E-state index in [2.05, 4.69) is 18.8 Å². The number of amides is 2. The first-order valence-corrected chi connectivity index (χ1v) is 12.3. The Kier molecular flexibility index (Phi) is 11.5. The number of benzene rings is 1. The zero-order valence-electron chi connectivity index (χ0n) is 18.9. The van der Waals surface area contributed by atoms with Crippen molar-refractivity contribution in [2.45, 2.75) is 96.8 Å². The van der Waals surface area contributed by atoms with Gasteiger partial charge in [-0.25, -0.2) is 0 Å². The summed E-state index contributed by atoms with van der Waals surface area (Å²) < 4.78 is 0. The SMILES string of the molecule is CCCCCCCCCCCCC#CCCC1CC(=O)N(c2ccc(Cl)c([NH])c2)C1=O. The summed E-state index contributed by atoms with van der Waals surface area (Å²) in [6, 6.07) is 4.63. The molecular formula is C26H36ClN2O2. The third-order valence-electron chi connectivity index (χ3n) is 5.85. The first-order chi connectivity index (χ1) is 15.0. The summed E-state index contributed by atoms with van der Waals surface area (Å²) in [5.74, 6) is 5.67. The van der Waals surface area contributed by atoms with Crippen LogP contribution in [-0.4, -0.2) is 11.8 Å². The largest absolute Gasteiger partial charge is 0.299 e. The minimum atomic E-state index is -0.316. The fourth-order valence-electron chi connectivity index (χ4n) is 3.97. The maximum absolute atomic E-state index is 12.6. The van der Waals surface area contributed by atoms with E-state index >= 15 is 0 Å². The van der Waals surface area contributed by atoms with Crippen LogP contribution in [0.4, 0.5) is 11.4 Å². The van der Waals surface area contributed by atoms with Crippen molar-refractivity contribution in [1.29, 1.82) is 0 Å². The van der Waals surface area contributed by atoms with Gasteiger partial charge in [-0.3, -0.25) is 20.2 Å². The second-order valence-electron chi connectivity index (χ2n) is 8.46. The van der Waals surface area contributed by atoms with Crippen molar-refractivity contribution in [3.63, 3.8) is 0 Å². The normalized spacial score (nSPS) is 15.9. The molecule has 0 spiro atoms. The summed E-state index contributed by atoms with van der Waals surface area (Å²) >= 11 is 5.87. The fourth-order valence-corrected chi connectivity index (χ4v) is 4.09. The fraction of sp³-hybridized carbons (Fsp3) is 0.615. The van der Waals surface area contributed by atoms with Crippen LogP contribution in [0, 0.1) is 17.8 Å². The zero-order valence-corrected chi connectivity index (χ0v) is 19.6. The average molecular weight is 444 g/mol. The molecule has 1 radical (unpaired) electrons. The van der Waals surface area contributed by atoms with Gasteiger partial charge in [-0.15, -0.1) is 11.8 Å². The number of rotatable bonds is 13. The van der Waals surface area contributed by atoms with Crippen LogP contribution in [-0.2, 0) is 9.59 Å². The Bertz CT molecular complexity index is 781. The van der Waals surface area contributed by atoms with Gasteiger partial charge in [-0.1, -0.05) is 76.3 Å². The lowest BCUT2D eigenvalue weighted by Gasteiger charge is -2.15. The van der Waals surface area contributed by atoms with Crippen molar-refractivity contribution in [2.75, 3.05) is 4.90 Å². The molecule has 0 aromatic heterocycles. The first kappa shape index (κ1) is 25.3. The van der Waals surface area contributed by atoms with Gasteiger partial charge >= 0.3 is 0 Å². The van der Waals surface area contributed by atoms with E-state index in [0.29, 0.717) is 23.6 Å². The molecule has 0 bridgehead atoms. The van der Waals surface area contributed by atoms with Gasteiger partial charge in [0.25, 0.3) is 0 Å². The summed E-state index contributed by atoms with van der Waals surface area (Å²) in [5.41, 5.74) is 8.32. The Labute approximate surface area is 192 Å². The van der Waals surface area contributed by atoms with Gasteiger partial charge in [0.2, 0.25) is 11.8 Å². The van der Waals surface area contributed by atoms with Gasteiger partial charge < -0.3 is 0 Å². The molecule has 4 nitrogen and oxygen atoms in total. The number of imide groups is 1. The number of carbonyl (C=O) groups is 2. The minimum Gasteiger partial charge on any atom is -0.299 e. The second kappa shape index (κ2) is 14.1. The molecule has 0 saturated carbocycles. The molecular weight excluding hydrogens is 408 g/mol. The van der Waals surface area contributed by atoms with Gasteiger partial charge in [0.15, 0.2) is 0 Å². The van der Waals surface area contributed by atoms with Crippen molar-refractivity contribution >= 4 is 34.8 Å². The van der Waals surface area contributed by atoms with Gasteiger partial charge in [-0.2, -0.15) is 0 Å². The van der Waals surface area contributed by atoms with Gasteiger partial charge in [-0.05, 0) is 31.0 Å².